The number of aromatic hydroxyl groups is 2. The van der Waals surface area contributed by atoms with Gasteiger partial charge in [0.2, 0.25) is 0 Å². The molecule has 0 radical (unpaired) electrons. The van der Waals surface area contributed by atoms with Gasteiger partial charge in [0, 0.05) is 35.8 Å². The highest BCUT2D eigenvalue weighted by Crippen LogP contribution is 2.54. The standard InChI is InChI=1S/C30H28F3NO4/c1-18-13-14-34(16-18)19(2)17-37-24-10-5-21(6-11-24)29-27(20-3-7-22(35)8-4-20)28(30(31,32)33)25-15-23(36)9-12-26(25)38-29/h3-12,15,19,28,35-36H,1,13-14,16-17H2,2H3/t19-,28?/m0/s1. The van der Waals surface area contributed by atoms with Gasteiger partial charge in [0.05, 0.1) is 0 Å². The molecule has 1 saturated heterocycles. The summed E-state index contributed by atoms with van der Waals surface area (Å²) in [4.78, 5) is 2.30. The topological polar surface area (TPSA) is 62.2 Å². The summed E-state index contributed by atoms with van der Waals surface area (Å²) in [5.41, 5.74) is 1.61. The summed E-state index contributed by atoms with van der Waals surface area (Å²) in [5.74, 6) is -1.74. The Bertz CT molecular complexity index is 1360. The first-order valence-electron chi connectivity index (χ1n) is 12.3. The molecule has 0 aromatic heterocycles. The first-order chi connectivity index (χ1) is 18.1. The van der Waals surface area contributed by atoms with Crippen LogP contribution in [0.1, 0.15) is 36.0 Å². The summed E-state index contributed by atoms with van der Waals surface area (Å²) in [6.07, 6.45) is -3.69. The van der Waals surface area contributed by atoms with Crippen molar-refractivity contribution in [3.8, 4) is 23.0 Å². The van der Waals surface area contributed by atoms with Crippen LogP contribution in [0, 0.1) is 0 Å². The quantitative estimate of drug-likeness (QED) is 0.351. The van der Waals surface area contributed by atoms with Crippen molar-refractivity contribution in [1.82, 2.24) is 4.90 Å². The number of ether oxygens (including phenoxy) is 2. The Morgan fingerprint density at radius 1 is 1.00 bits per heavy atom. The Kier molecular flexibility index (Phi) is 6.84. The first-order valence-corrected chi connectivity index (χ1v) is 12.3. The Morgan fingerprint density at radius 2 is 1.66 bits per heavy atom. The lowest BCUT2D eigenvalue weighted by molar-refractivity contribution is -0.137. The maximum absolute atomic E-state index is 14.6. The van der Waals surface area contributed by atoms with Crippen LogP contribution in [0.2, 0.25) is 0 Å². The summed E-state index contributed by atoms with van der Waals surface area (Å²) in [5, 5.41) is 19.7. The van der Waals surface area contributed by atoms with E-state index >= 15 is 0 Å². The van der Waals surface area contributed by atoms with Crippen LogP contribution in [0.5, 0.6) is 23.0 Å². The highest BCUT2D eigenvalue weighted by Gasteiger charge is 2.48. The van der Waals surface area contributed by atoms with Crippen LogP contribution in [-0.2, 0) is 0 Å². The number of fused-ring (bicyclic) bond motifs is 1. The Balaban J connectivity index is 1.50. The molecule has 2 aliphatic heterocycles. The number of likely N-dealkylation sites (tertiary alicyclic amines) is 1. The van der Waals surface area contributed by atoms with Gasteiger partial charge in [-0.3, -0.25) is 4.90 Å². The number of allylic oxidation sites excluding steroid dienone is 1. The zero-order valence-corrected chi connectivity index (χ0v) is 20.8. The molecule has 0 bridgehead atoms. The zero-order chi connectivity index (χ0) is 27.0. The van der Waals surface area contributed by atoms with E-state index in [-0.39, 0.29) is 45.7 Å². The highest BCUT2D eigenvalue weighted by molar-refractivity contribution is 5.94. The van der Waals surface area contributed by atoms with Crippen LogP contribution in [-0.4, -0.2) is 47.0 Å². The third-order valence-electron chi connectivity index (χ3n) is 6.97. The number of rotatable bonds is 6. The van der Waals surface area contributed by atoms with E-state index in [2.05, 4.69) is 18.4 Å². The lowest BCUT2D eigenvalue weighted by Crippen LogP contribution is -2.34. The molecule has 0 aliphatic carbocycles. The molecule has 0 saturated carbocycles. The number of alkyl halides is 3. The summed E-state index contributed by atoms with van der Waals surface area (Å²) < 4.78 is 55.8. The minimum atomic E-state index is -4.68. The van der Waals surface area contributed by atoms with E-state index in [1.165, 1.54) is 42.0 Å². The average molecular weight is 524 g/mol. The van der Waals surface area contributed by atoms with Gasteiger partial charge in [-0.2, -0.15) is 13.2 Å². The highest BCUT2D eigenvalue weighted by atomic mass is 19.4. The molecule has 1 fully saturated rings. The number of phenols is 2. The van der Waals surface area contributed by atoms with E-state index in [1.54, 1.807) is 24.3 Å². The van der Waals surface area contributed by atoms with Gasteiger partial charge in [-0.05, 0) is 73.5 Å². The normalized spacial score (nSPS) is 18.7. The minimum absolute atomic E-state index is 0.0176. The van der Waals surface area contributed by atoms with Crippen molar-refractivity contribution in [2.45, 2.75) is 31.5 Å². The second kappa shape index (κ2) is 10.1. The molecule has 3 aromatic carbocycles. The van der Waals surface area contributed by atoms with Crippen LogP contribution < -0.4 is 9.47 Å². The summed E-state index contributed by atoms with van der Waals surface area (Å²) in [6.45, 7) is 8.40. The zero-order valence-electron chi connectivity index (χ0n) is 20.8. The molecule has 38 heavy (non-hydrogen) atoms. The number of hydrogen-bond donors (Lipinski definition) is 2. The third-order valence-corrected chi connectivity index (χ3v) is 6.97. The van der Waals surface area contributed by atoms with Crippen molar-refractivity contribution in [3.05, 3.63) is 95.6 Å². The Morgan fingerprint density at radius 3 is 2.29 bits per heavy atom. The number of benzene rings is 3. The van der Waals surface area contributed by atoms with Crippen LogP contribution in [0.3, 0.4) is 0 Å². The predicted molar refractivity (Wildman–Crippen MR) is 139 cm³/mol. The van der Waals surface area contributed by atoms with E-state index in [0.717, 1.165) is 25.6 Å². The average Bonchev–Trinajstić information content (AvgIpc) is 3.33. The molecule has 5 rings (SSSR count). The lowest BCUT2D eigenvalue weighted by atomic mass is 9.82. The van der Waals surface area contributed by atoms with Gasteiger partial charge in [-0.25, -0.2) is 0 Å². The van der Waals surface area contributed by atoms with Gasteiger partial charge in [-0.1, -0.05) is 24.3 Å². The second-order valence-corrected chi connectivity index (χ2v) is 9.74. The van der Waals surface area contributed by atoms with Crippen LogP contribution >= 0.6 is 0 Å². The van der Waals surface area contributed by atoms with Crippen LogP contribution in [0.15, 0.2) is 78.9 Å². The number of hydrogen-bond acceptors (Lipinski definition) is 5. The molecule has 198 valence electrons. The van der Waals surface area contributed by atoms with Crippen molar-refractivity contribution in [2.24, 2.45) is 0 Å². The summed E-state index contributed by atoms with van der Waals surface area (Å²) >= 11 is 0. The third kappa shape index (κ3) is 5.22. The van der Waals surface area contributed by atoms with Crippen LogP contribution in [0.4, 0.5) is 13.2 Å². The molecule has 2 heterocycles. The maximum atomic E-state index is 14.6. The first kappa shape index (κ1) is 25.7. The largest absolute Gasteiger partial charge is 0.508 e. The van der Waals surface area contributed by atoms with E-state index in [1.807, 2.05) is 0 Å². The fourth-order valence-electron chi connectivity index (χ4n) is 4.95. The molecular formula is C30H28F3NO4. The van der Waals surface area contributed by atoms with E-state index < -0.39 is 12.1 Å². The minimum Gasteiger partial charge on any atom is -0.508 e. The van der Waals surface area contributed by atoms with E-state index in [0.29, 0.717) is 17.9 Å². The van der Waals surface area contributed by atoms with Gasteiger partial charge < -0.3 is 19.7 Å². The van der Waals surface area contributed by atoms with Crippen molar-refractivity contribution < 1.29 is 32.9 Å². The number of halogens is 3. The molecule has 0 amide bonds. The molecule has 8 heteroatoms. The van der Waals surface area contributed by atoms with Gasteiger partial charge in [0.1, 0.15) is 41.3 Å². The van der Waals surface area contributed by atoms with Crippen molar-refractivity contribution in [2.75, 3.05) is 19.7 Å². The lowest BCUT2D eigenvalue weighted by Gasteiger charge is -2.32. The maximum Gasteiger partial charge on any atom is 0.399 e. The molecule has 2 aliphatic rings. The van der Waals surface area contributed by atoms with Crippen molar-refractivity contribution >= 4 is 11.3 Å². The molecule has 5 nitrogen and oxygen atoms in total. The molecular weight excluding hydrogens is 495 g/mol. The second-order valence-electron chi connectivity index (χ2n) is 9.74. The van der Waals surface area contributed by atoms with E-state index in [9.17, 15) is 23.4 Å². The Hall–Kier alpha value is -3.91. The van der Waals surface area contributed by atoms with Gasteiger partial charge in [0.15, 0.2) is 0 Å². The molecule has 1 unspecified atom stereocenters. The van der Waals surface area contributed by atoms with Crippen molar-refractivity contribution in [1.29, 1.82) is 0 Å². The van der Waals surface area contributed by atoms with Gasteiger partial charge >= 0.3 is 6.18 Å². The molecule has 2 atom stereocenters. The fourth-order valence-corrected chi connectivity index (χ4v) is 4.95. The fraction of sp³-hybridized carbons (Fsp3) is 0.267. The smallest absolute Gasteiger partial charge is 0.399 e. The van der Waals surface area contributed by atoms with Crippen molar-refractivity contribution in [3.63, 3.8) is 0 Å². The molecule has 2 N–H and O–H groups in total. The Labute approximate surface area is 219 Å². The number of nitrogens with zero attached hydrogens (tertiary/aromatic N) is 1. The van der Waals surface area contributed by atoms with Gasteiger partial charge in [-0.15, -0.1) is 0 Å². The van der Waals surface area contributed by atoms with E-state index in [4.69, 9.17) is 9.47 Å². The monoisotopic (exact) mass is 523 g/mol. The molecule has 0 spiro atoms. The SMILES string of the molecule is C=C1CCN([C@@H](C)COc2ccc(C3=C(c4ccc(O)cc4)C(C(F)(F)F)c4cc(O)ccc4O3)cc2)C1. The molecule has 3 aromatic rings. The summed E-state index contributed by atoms with van der Waals surface area (Å²) in [7, 11) is 0. The predicted octanol–water partition coefficient (Wildman–Crippen LogP) is 6.73. The number of phenolic OH excluding ortho intramolecular Hbond substituents is 2. The van der Waals surface area contributed by atoms with Crippen LogP contribution in [0.25, 0.3) is 11.3 Å². The van der Waals surface area contributed by atoms with Gasteiger partial charge in [0.25, 0.3) is 0 Å². The summed E-state index contributed by atoms with van der Waals surface area (Å²) in [6, 6.07) is 16.2.